The summed E-state index contributed by atoms with van der Waals surface area (Å²) in [7, 11) is 0. The average Bonchev–Trinajstić information content (AvgIpc) is 2.01. The Labute approximate surface area is 69.9 Å². The zero-order valence-electron chi connectivity index (χ0n) is 6.40. The molecule has 0 bridgehead atoms. The fourth-order valence-corrected chi connectivity index (χ4v) is 0.748. The van der Waals surface area contributed by atoms with Crippen LogP contribution in [0.5, 0.6) is 0 Å². The summed E-state index contributed by atoms with van der Waals surface area (Å²) in [5, 5.41) is 0. The highest BCUT2D eigenvalue weighted by molar-refractivity contribution is 5.90. The highest BCUT2D eigenvalue weighted by Gasteiger charge is 1.89. The van der Waals surface area contributed by atoms with E-state index in [2.05, 4.69) is 4.98 Å². The number of nitrogen functional groups attached to an aromatic ring is 1. The first-order valence-corrected chi connectivity index (χ1v) is 3.37. The van der Waals surface area contributed by atoms with Gasteiger partial charge in [0.1, 0.15) is 5.82 Å². The summed E-state index contributed by atoms with van der Waals surface area (Å²) in [4.78, 5) is 14.1. The van der Waals surface area contributed by atoms with Gasteiger partial charge in [0.05, 0.1) is 0 Å². The molecule has 4 nitrogen and oxygen atoms in total. The minimum atomic E-state index is -0.481. The maximum absolute atomic E-state index is 10.3. The number of nitrogens with zero attached hydrogens (tertiary/aromatic N) is 1. The Hall–Kier alpha value is -1.84. The monoisotopic (exact) mass is 163 g/mol. The molecule has 1 rings (SSSR count). The van der Waals surface area contributed by atoms with Crippen LogP contribution in [0.3, 0.4) is 0 Å². The third-order valence-electron chi connectivity index (χ3n) is 1.25. The number of carbonyl (C=O) groups is 1. The van der Waals surface area contributed by atoms with Gasteiger partial charge in [-0.25, -0.2) is 4.98 Å². The standard InChI is InChI=1S/C8H9N3O/c9-7-5-6(3-4-11-7)1-2-8(10)12/h1-5H,(H2,9,11)(H2,10,12). The van der Waals surface area contributed by atoms with E-state index in [0.29, 0.717) is 5.82 Å². The van der Waals surface area contributed by atoms with Crippen molar-refractivity contribution in [2.45, 2.75) is 0 Å². The van der Waals surface area contributed by atoms with Gasteiger partial charge in [-0.1, -0.05) is 0 Å². The van der Waals surface area contributed by atoms with Crippen molar-refractivity contribution >= 4 is 17.8 Å². The first-order chi connectivity index (χ1) is 5.68. The number of primary amides is 1. The summed E-state index contributed by atoms with van der Waals surface area (Å²) in [6.45, 7) is 0. The van der Waals surface area contributed by atoms with Gasteiger partial charge in [-0.3, -0.25) is 4.79 Å². The molecule has 0 radical (unpaired) electrons. The first-order valence-electron chi connectivity index (χ1n) is 3.37. The number of pyridine rings is 1. The Balaban J connectivity index is 2.83. The number of nitrogens with two attached hydrogens (primary N) is 2. The second-order valence-electron chi connectivity index (χ2n) is 2.25. The highest BCUT2D eigenvalue weighted by atomic mass is 16.1. The van der Waals surface area contributed by atoms with Crippen LogP contribution in [0.2, 0.25) is 0 Å². The number of aromatic nitrogens is 1. The zero-order valence-corrected chi connectivity index (χ0v) is 6.40. The van der Waals surface area contributed by atoms with Gasteiger partial charge in [-0.2, -0.15) is 0 Å². The fraction of sp³-hybridized carbons (Fsp3) is 0. The molecule has 0 aromatic carbocycles. The lowest BCUT2D eigenvalue weighted by Crippen LogP contribution is -2.05. The summed E-state index contributed by atoms with van der Waals surface area (Å²) in [5.74, 6) is -0.0630. The van der Waals surface area contributed by atoms with E-state index in [1.54, 1.807) is 24.4 Å². The van der Waals surface area contributed by atoms with Gasteiger partial charge in [0, 0.05) is 12.3 Å². The molecule has 1 aromatic heterocycles. The molecule has 4 heteroatoms. The van der Waals surface area contributed by atoms with Gasteiger partial charge in [0.25, 0.3) is 0 Å². The maximum Gasteiger partial charge on any atom is 0.241 e. The highest BCUT2D eigenvalue weighted by Crippen LogP contribution is 2.04. The van der Waals surface area contributed by atoms with E-state index in [0.717, 1.165) is 5.56 Å². The molecule has 0 atom stereocenters. The Bertz CT molecular complexity index is 320. The number of hydrogen-bond acceptors (Lipinski definition) is 3. The normalized spacial score (nSPS) is 10.3. The molecule has 0 fully saturated rings. The van der Waals surface area contributed by atoms with Crippen molar-refractivity contribution in [3.8, 4) is 0 Å². The van der Waals surface area contributed by atoms with Crippen molar-refractivity contribution < 1.29 is 4.79 Å². The van der Waals surface area contributed by atoms with Crippen molar-refractivity contribution in [3.05, 3.63) is 30.0 Å². The number of rotatable bonds is 2. The van der Waals surface area contributed by atoms with Crippen LogP contribution < -0.4 is 11.5 Å². The Morgan fingerprint density at radius 1 is 1.58 bits per heavy atom. The number of amides is 1. The smallest absolute Gasteiger partial charge is 0.241 e. The van der Waals surface area contributed by atoms with Crippen LogP contribution in [-0.4, -0.2) is 10.9 Å². The van der Waals surface area contributed by atoms with Gasteiger partial charge in [0.2, 0.25) is 5.91 Å². The molecular formula is C8H9N3O. The minimum Gasteiger partial charge on any atom is -0.384 e. The van der Waals surface area contributed by atoms with Crippen molar-refractivity contribution in [1.29, 1.82) is 0 Å². The number of carbonyl (C=O) groups excluding carboxylic acids is 1. The predicted octanol–water partition coefficient (Wildman–Crippen LogP) is 0.162. The lowest BCUT2D eigenvalue weighted by molar-refractivity contribution is -0.113. The van der Waals surface area contributed by atoms with E-state index in [1.807, 2.05) is 0 Å². The SMILES string of the molecule is NC(=O)C=Cc1ccnc(N)c1. The van der Waals surface area contributed by atoms with E-state index < -0.39 is 5.91 Å². The lowest BCUT2D eigenvalue weighted by Gasteiger charge is -1.93. The van der Waals surface area contributed by atoms with E-state index in [9.17, 15) is 4.79 Å². The average molecular weight is 163 g/mol. The maximum atomic E-state index is 10.3. The Morgan fingerprint density at radius 3 is 2.92 bits per heavy atom. The van der Waals surface area contributed by atoms with Crippen molar-refractivity contribution in [3.63, 3.8) is 0 Å². The molecule has 0 aliphatic carbocycles. The molecule has 0 aliphatic rings. The summed E-state index contributed by atoms with van der Waals surface area (Å²) >= 11 is 0. The third kappa shape index (κ3) is 2.42. The van der Waals surface area contributed by atoms with Crippen LogP contribution in [0.1, 0.15) is 5.56 Å². The summed E-state index contributed by atoms with van der Waals surface area (Å²) < 4.78 is 0. The Kier molecular flexibility index (Phi) is 2.42. The zero-order chi connectivity index (χ0) is 8.97. The quantitative estimate of drug-likeness (QED) is 0.609. The summed E-state index contributed by atoms with van der Waals surface area (Å²) in [6, 6.07) is 3.38. The van der Waals surface area contributed by atoms with E-state index >= 15 is 0 Å². The molecule has 0 saturated heterocycles. The van der Waals surface area contributed by atoms with Crippen molar-refractivity contribution in [1.82, 2.24) is 4.98 Å². The molecule has 1 aromatic rings. The topological polar surface area (TPSA) is 82.0 Å². The van der Waals surface area contributed by atoms with Gasteiger partial charge < -0.3 is 11.5 Å². The molecule has 0 aliphatic heterocycles. The van der Waals surface area contributed by atoms with Gasteiger partial charge in [0.15, 0.2) is 0 Å². The van der Waals surface area contributed by atoms with E-state index in [-0.39, 0.29) is 0 Å². The van der Waals surface area contributed by atoms with Crippen LogP contribution in [-0.2, 0) is 4.79 Å². The van der Waals surface area contributed by atoms with Crippen LogP contribution in [0.25, 0.3) is 6.08 Å². The van der Waals surface area contributed by atoms with Gasteiger partial charge >= 0.3 is 0 Å². The molecule has 1 amide bonds. The van der Waals surface area contributed by atoms with Crippen LogP contribution in [0.4, 0.5) is 5.82 Å². The van der Waals surface area contributed by atoms with E-state index in [1.165, 1.54) is 6.08 Å². The van der Waals surface area contributed by atoms with Crippen LogP contribution >= 0.6 is 0 Å². The molecule has 0 unspecified atom stereocenters. The molecular weight excluding hydrogens is 154 g/mol. The summed E-state index contributed by atoms with van der Waals surface area (Å²) in [6.07, 6.45) is 4.42. The molecule has 1 heterocycles. The van der Waals surface area contributed by atoms with Crippen LogP contribution in [0, 0.1) is 0 Å². The second kappa shape index (κ2) is 3.52. The lowest BCUT2D eigenvalue weighted by atomic mass is 10.2. The molecule has 0 spiro atoms. The van der Waals surface area contributed by atoms with Gasteiger partial charge in [-0.15, -0.1) is 0 Å². The van der Waals surface area contributed by atoms with Gasteiger partial charge in [-0.05, 0) is 23.8 Å². The van der Waals surface area contributed by atoms with Crippen molar-refractivity contribution in [2.75, 3.05) is 5.73 Å². The predicted molar refractivity (Wildman–Crippen MR) is 46.9 cm³/mol. The molecule has 4 N–H and O–H groups in total. The Morgan fingerprint density at radius 2 is 2.33 bits per heavy atom. The first kappa shape index (κ1) is 8.26. The third-order valence-corrected chi connectivity index (χ3v) is 1.25. The second-order valence-corrected chi connectivity index (χ2v) is 2.25. The number of hydrogen-bond donors (Lipinski definition) is 2. The van der Waals surface area contributed by atoms with Crippen LogP contribution in [0.15, 0.2) is 24.4 Å². The molecule has 12 heavy (non-hydrogen) atoms. The molecule has 0 saturated carbocycles. The molecule has 62 valence electrons. The minimum absolute atomic E-state index is 0.418. The fourth-order valence-electron chi connectivity index (χ4n) is 0.748. The van der Waals surface area contributed by atoms with E-state index in [4.69, 9.17) is 11.5 Å². The summed E-state index contributed by atoms with van der Waals surface area (Å²) in [5.41, 5.74) is 11.1. The number of anilines is 1. The largest absolute Gasteiger partial charge is 0.384 e. The van der Waals surface area contributed by atoms with Crippen molar-refractivity contribution in [2.24, 2.45) is 5.73 Å².